The first-order valence-electron chi connectivity index (χ1n) is 7.81. The zero-order chi connectivity index (χ0) is 16.8. The fraction of sp³-hybridized carbons (Fsp3) is 0.471. The topological polar surface area (TPSA) is 79.5 Å². The average molecular weight is 317 g/mol. The molecule has 1 atom stereocenters. The fourth-order valence-corrected chi connectivity index (χ4v) is 2.32. The summed E-state index contributed by atoms with van der Waals surface area (Å²) in [5.74, 6) is 0.995. The van der Waals surface area contributed by atoms with Gasteiger partial charge in [-0.2, -0.15) is 4.98 Å². The van der Waals surface area contributed by atoms with Gasteiger partial charge in [0.2, 0.25) is 11.8 Å². The maximum atomic E-state index is 12.3. The summed E-state index contributed by atoms with van der Waals surface area (Å²) in [6.45, 7) is 6.46. The molecule has 0 radical (unpaired) electrons. The molecule has 0 fully saturated rings. The van der Waals surface area contributed by atoms with Gasteiger partial charge in [-0.15, -0.1) is 0 Å². The van der Waals surface area contributed by atoms with Crippen molar-refractivity contribution in [3.8, 4) is 0 Å². The molecule has 0 bridgehead atoms. The van der Waals surface area contributed by atoms with Crippen LogP contribution in [-0.2, 0) is 11.2 Å². The third-order valence-electron chi connectivity index (χ3n) is 3.71. The zero-order valence-corrected chi connectivity index (χ0v) is 13.8. The Labute approximate surface area is 136 Å². The Morgan fingerprint density at radius 2 is 2.00 bits per heavy atom. The number of likely N-dealkylation sites (N-methyl/N-ethyl adjacent to an activating group) is 1. The highest BCUT2D eigenvalue weighted by Crippen LogP contribution is 2.16. The van der Waals surface area contributed by atoms with Crippen LogP contribution in [0.2, 0.25) is 0 Å². The highest BCUT2D eigenvalue weighted by molar-refractivity contribution is 5.76. The van der Waals surface area contributed by atoms with E-state index in [0.717, 1.165) is 11.1 Å². The zero-order valence-electron chi connectivity index (χ0n) is 13.8. The van der Waals surface area contributed by atoms with E-state index < -0.39 is 6.10 Å². The Morgan fingerprint density at radius 3 is 2.57 bits per heavy atom. The molecular weight excluding hydrogens is 294 g/mol. The molecule has 0 aliphatic rings. The average Bonchev–Trinajstić information content (AvgIpc) is 2.96. The number of aromatic nitrogens is 2. The third kappa shape index (κ3) is 4.89. The molecule has 1 unspecified atom stereocenters. The molecule has 1 aromatic heterocycles. The van der Waals surface area contributed by atoms with Gasteiger partial charge in [-0.05, 0) is 26.3 Å². The molecule has 1 amide bonds. The second-order valence-electron chi connectivity index (χ2n) is 5.59. The van der Waals surface area contributed by atoms with Crippen LogP contribution in [0.25, 0.3) is 0 Å². The summed E-state index contributed by atoms with van der Waals surface area (Å²) in [6.07, 6.45) is 0.0116. The van der Waals surface area contributed by atoms with Crippen molar-refractivity contribution in [2.45, 2.75) is 39.7 Å². The minimum Gasteiger partial charge on any atom is -0.387 e. The maximum absolute atomic E-state index is 12.3. The van der Waals surface area contributed by atoms with Crippen LogP contribution in [0.3, 0.4) is 0 Å². The van der Waals surface area contributed by atoms with Crippen molar-refractivity contribution in [2.24, 2.45) is 0 Å². The number of aryl methyl sites for hydroxylation is 3. The Balaban J connectivity index is 1.90. The van der Waals surface area contributed by atoms with Crippen molar-refractivity contribution in [1.29, 1.82) is 0 Å². The van der Waals surface area contributed by atoms with E-state index in [1.807, 2.05) is 38.1 Å². The number of benzene rings is 1. The predicted octanol–water partition coefficient (Wildman–Crippen LogP) is 2.20. The Morgan fingerprint density at radius 1 is 1.30 bits per heavy atom. The number of aliphatic hydroxyl groups excluding tert-OH is 1. The number of carbonyl (C=O) groups excluding carboxylic acids is 1. The van der Waals surface area contributed by atoms with Crippen LogP contribution in [-0.4, -0.2) is 39.1 Å². The van der Waals surface area contributed by atoms with Crippen LogP contribution in [0.1, 0.15) is 42.3 Å². The third-order valence-corrected chi connectivity index (χ3v) is 3.71. The van der Waals surface area contributed by atoms with Gasteiger partial charge in [0.15, 0.2) is 5.82 Å². The molecule has 0 aliphatic heterocycles. The first kappa shape index (κ1) is 17.1. The molecule has 6 heteroatoms. The monoisotopic (exact) mass is 317 g/mol. The van der Waals surface area contributed by atoms with Gasteiger partial charge in [-0.25, -0.2) is 0 Å². The van der Waals surface area contributed by atoms with Gasteiger partial charge < -0.3 is 14.5 Å². The van der Waals surface area contributed by atoms with Gasteiger partial charge >= 0.3 is 0 Å². The van der Waals surface area contributed by atoms with E-state index in [9.17, 15) is 9.90 Å². The van der Waals surface area contributed by atoms with Crippen molar-refractivity contribution in [3.63, 3.8) is 0 Å². The Hall–Kier alpha value is -2.21. The van der Waals surface area contributed by atoms with Crippen molar-refractivity contribution in [1.82, 2.24) is 15.0 Å². The number of amides is 1. The van der Waals surface area contributed by atoms with Crippen molar-refractivity contribution in [2.75, 3.05) is 13.1 Å². The number of carbonyl (C=O) groups is 1. The molecule has 0 aliphatic carbocycles. The first-order chi connectivity index (χ1) is 11.0. The SMILES string of the molecule is CCN(CC(O)c1ccc(C)cc1)C(=O)CCc1nc(C)no1. The quantitative estimate of drug-likeness (QED) is 0.847. The number of aliphatic hydroxyl groups is 1. The van der Waals surface area contributed by atoms with Crippen LogP contribution in [0.15, 0.2) is 28.8 Å². The van der Waals surface area contributed by atoms with Crippen molar-refractivity contribution >= 4 is 5.91 Å². The lowest BCUT2D eigenvalue weighted by atomic mass is 10.1. The smallest absolute Gasteiger partial charge is 0.227 e. The molecule has 6 nitrogen and oxygen atoms in total. The summed E-state index contributed by atoms with van der Waals surface area (Å²) in [7, 11) is 0. The maximum Gasteiger partial charge on any atom is 0.227 e. The van der Waals surface area contributed by atoms with E-state index in [2.05, 4.69) is 10.1 Å². The van der Waals surface area contributed by atoms with Gasteiger partial charge in [0, 0.05) is 19.4 Å². The predicted molar refractivity (Wildman–Crippen MR) is 85.7 cm³/mol. The van der Waals surface area contributed by atoms with Gasteiger partial charge in [0.1, 0.15) is 0 Å². The molecule has 0 spiro atoms. The number of hydrogen-bond donors (Lipinski definition) is 1. The Bertz CT molecular complexity index is 637. The number of nitrogens with zero attached hydrogens (tertiary/aromatic N) is 3. The highest BCUT2D eigenvalue weighted by atomic mass is 16.5. The first-order valence-corrected chi connectivity index (χ1v) is 7.81. The summed E-state index contributed by atoms with van der Waals surface area (Å²) in [4.78, 5) is 18.0. The number of rotatable bonds is 7. The minimum atomic E-state index is -0.690. The summed E-state index contributed by atoms with van der Waals surface area (Å²) in [5.41, 5.74) is 1.95. The molecule has 0 saturated heterocycles. The molecule has 1 heterocycles. The lowest BCUT2D eigenvalue weighted by Crippen LogP contribution is -2.34. The Kier molecular flexibility index (Phi) is 5.87. The highest BCUT2D eigenvalue weighted by Gasteiger charge is 2.18. The summed E-state index contributed by atoms with van der Waals surface area (Å²) >= 11 is 0. The standard InChI is InChI=1S/C17H23N3O3/c1-4-20(11-15(21)14-7-5-12(2)6-8-14)17(22)10-9-16-18-13(3)19-23-16/h5-8,15,21H,4,9-11H2,1-3H3. The molecule has 124 valence electrons. The molecule has 0 saturated carbocycles. The van der Waals surface area contributed by atoms with E-state index in [1.165, 1.54) is 0 Å². The van der Waals surface area contributed by atoms with Crippen LogP contribution < -0.4 is 0 Å². The minimum absolute atomic E-state index is 0.0329. The van der Waals surface area contributed by atoms with Crippen LogP contribution in [0, 0.1) is 13.8 Å². The van der Waals surface area contributed by atoms with Gasteiger partial charge in [-0.1, -0.05) is 35.0 Å². The second kappa shape index (κ2) is 7.87. The van der Waals surface area contributed by atoms with E-state index in [0.29, 0.717) is 24.7 Å². The molecule has 23 heavy (non-hydrogen) atoms. The lowest BCUT2D eigenvalue weighted by molar-refractivity contribution is -0.132. The molecular formula is C17H23N3O3. The van der Waals surface area contributed by atoms with Crippen LogP contribution >= 0.6 is 0 Å². The number of hydrogen-bond acceptors (Lipinski definition) is 5. The lowest BCUT2D eigenvalue weighted by Gasteiger charge is -2.24. The molecule has 2 aromatic rings. The van der Waals surface area contributed by atoms with E-state index in [1.54, 1.807) is 11.8 Å². The summed E-state index contributed by atoms with van der Waals surface area (Å²) in [6, 6.07) is 7.68. The molecule has 2 rings (SSSR count). The van der Waals surface area contributed by atoms with Gasteiger partial charge in [0.25, 0.3) is 0 Å². The normalized spacial score (nSPS) is 12.2. The molecule has 1 aromatic carbocycles. The second-order valence-corrected chi connectivity index (χ2v) is 5.59. The molecule has 1 N–H and O–H groups in total. The fourth-order valence-electron chi connectivity index (χ4n) is 2.32. The van der Waals surface area contributed by atoms with E-state index in [4.69, 9.17) is 4.52 Å². The summed E-state index contributed by atoms with van der Waals surface area (Å²) in [5, 5.41) is 14.0. The van der Waals surface area contributed by atoms with E-state index in [-0.39, 0.29) is 18.9 Å². The summed E-state index contributed by atoms with van der Waals surface area (Å²) < 4.78 is 5.01. The van der Waals surface area contributed by atoms with Crippen molar-refractivity contribution < 1.29 is 14.4 Å². The van der Waals surface area contributed by atoms with Gasteiger partial charge in [0.05, 0.1) is 12.6 Å². The van der Waals surface area contributed by atoms with Crippen molar-refractivity contribution in [3.05, 3.63) is 47.1 Å². The van der Waals surface area contributed by atoms with Crippen LogP contribution in [0.5, 0.6) is 0 Å². The van der Waals surface area contributed by atoms with Crippen LogP contribution in [0.4, 0.5) is 0 Å². The largest absolute Gasteiger partial charge is 0.387 e. The van der Waals surface area contributed by atoms with E-state index >= 15 is 0 Å². The van der Waals surface area contributed by atoms with Gasteiger partial charge in [-0.3, -0.25) is 4.79 Å².